The van der Waals surface area contributed by atoms with Crippen molar-refractivity contribution in [2.75, 3.05) is 5.88 Å². The first kappa shape index (κ1) is 16.8. The predicted octanol–water partition coefficient (Wildman–Crippen LogP) is 4.69. The van der Waals surface area contributed by atoms with E-state index in [4.69, 9.17) is 11.6 Å². The van der Waals surface area contributed by atoms with Crippen LogP contribution >= 0.6 is 11.6 Å². The summed E-state index contributed by atoms with van der Waals surface area (Å²) in [5.74, 6) is 2.68. The third kappa shape index (κ3) is 4.00. The Balaban J connectivity index is 2.05. The highest BCUT2D eigenvalue weighted by Gasteiger charge is 2.39. The van der Waals surface area contributed by atoms with Crippen LogP contribution in [0.15, 0.2) is 6.33 Å². The fourth-order valence-corrected chi connectivity index (χ4v) is 3.97. The monoisotopic (exact) mass is 311 g/mol. The molecule has 0 atom stereocenters. The lowest BCUT2D eigenvalue weighted by Gasteiger charge is -2.43. The van der Waals surface area contributed by atoms with Gasteiger partial charge in [0.2, 0.25) is 0 Å². The van der Waals surface area contributed by atoms with Crippen LogP contribution in [0.2, 0.25) is 0 Å². The van der Waals surface area contributed by atoms with Gasteiger partial charge in [0.1, 0.15) is 12.2 Å². The quantitative estimate of drug-likeness (QED) is 0.738. The van der Waals surface area contributed by atoms with Crippen molar-refractivity contribution in [2.24, 2.45) is 16.7 Å². The molecule has 1 fully saturated rings. The second-order valence-electron chi connectivity index (χ2n) is 7.85. The molecule has 1 aliphatic rings. The van der Waals surface area contributed by atoms with E-state index in [1.54, 1.807) is 6.33 Å². The Labute approximate surface area is 134 Å². The minimum atomic E-state index is 0.224. The molecule has 0 unspecified atom stereocenters. The Bertz CT molecular complexity index is 439. The van der Waals surface area contributed by atoms with Gasteiger partial charge >= 0.3 is 0 Å². The van der Waals surface area contributed by atoms with Gasteiger partial charge in [-0.15, -0.1) is 11.6 Å². The molecule has 0 spiro atoms. The van der Waals surface area contributed by atoms with E-state index in [1.165, 1.54) is 25.7 Å². The Morgan fingerprint density at radius 2 is 2.00 bits per heavy atom. The number of alkyl halides is 1. The van der Waals surface area contributed by atoms with E-state index in [0.29, 0.717) is 5.41 Å². The maximum Gasteiger partial charge on any atom is 0.138 e. The fourth-order valence-electron chi connectivity index (χ4n) is 3.61. The van der Waals surface area contributed by atoms with Crippen molar-refractivity contribution in [3.05, 3.63) is 12.2 Å². The zero-order valence-corrected chi connectivity index (χ0v) is 14.8. The normalized spacial score (nSPS) is 27.0. The van der Waals surface area contributed by atoms with E-state index >= 15 is 0 Å². The molecule has 0 radical (unpaired) electrons. The number of nitrogens with zero attached hydrogens (tertiary/aromatic N) is 3. The summed E-state index contributed by atoms with van der Waals surface area (Å²) < 4.78 is 2.06. The van der Waals surface area contributed by atoms with Gasteiger partial charge in [0.25, 0.3) is 0 Å². The second-order valence-corrected chi connectivity index (χ2v) is 8.12. The van der Waals surface area contributed by atoms with E-state index in [0.717, 1.165) is 37.0 Å². The van der Waals surface area contributed by atoms with Gasteiger partial charge in [0.05, 0.1) is 0 Å². The Kier molecular flexibility index (Phi) is 5.34. The predicted molar refractivity (Wildman–Crippen MR) is 88.6 cm³/mol. The lowest BCUT2D eigenvalue weighted by molar-refractivity contribution is 0.0996. The van der Waals surface area contributed by atoms with Crippen LogP contribution in [0.3, 0.4) is 0 Å². The standard InChI is InChI=1S/C17H30ClN3/c1-5-10-21-15(19-13-20-21)11-17(12-18)8-6-14(7-9-17)16(2,3)4/h13-14H,5-12H2,1-4H3. The highest BCUT2D eigenvalue weighted by atomic mass is 35.5. The summed E-state index contributed by atoms with van der Waals surface area (Å²) >= 11 is 6.39. The Morgan fingerprint density at radius 3 is 2.52 bits per heavy atom. The number of rotatable bonds is 5. The number of hydrogen-bond donors (Lipinski definition) is 0. The molecule has 1 aromatic heterocycles. The van der Waals surface area contributed by atoms with Crippen molar-refractivity contribution >= 4 is 11.6 Å². The summed E-state index contributed by atoms with van der Waals surface area (Å²) in [6.45, 7) is 10.2. The minimum Gasteiger partial charge on any atom is -0.250 e. The van der Waals surface area contributed by atoms with Crippen LogP contribution in [0, 0.1) is 16.7 Å². The third-order valence-electron chi connectivity index (χ3n) is 5.22. The molecule has 3 nitrogen and oxygen atoms in total. The molecule has 0 aromatic carbocycles. The molecule has 1 heterocycles. The number of hydrogen-bond acceptors (Lipinski definition) is 2. The maximum atomic E-state index is 6.39. The molecule has 21 heavy (non-hydrogen) atoms. The van der Waals surface area contributed by atoms with Crippen LogP contribution in [0.1, 0.15) is 65.6 Å². The number of aryl methyl sites for hydroxylation is 1. The summed E-state index contributed by atoms with van der Waals surface area (Å²) in [5, 5.41) is 4.35. The molecule has 120 valence electrons. The van der Waals surface area contributed by atoms with Gasteiger partial charge < -0.3 is 0 Å². The van der Waals surface area contributed by atoms with Gasteiger partial charge in [0, 0.05) is 18.8 Å². The average Bonchev–Trinajstić information content (AvgIpc) is 2.86. The van der Waals surface area contributed by atoms with E-state index in [1.807, 2.05) is 0 Å². The van der Waals surface area contributed by atoms with Crippen molar-refractivity contribution < 1.29 is 0 Å². The molecular formula is C17H30ClN3. The van der Waals surface area contributed by atoms with E-state index in [2.05, 4.69) is 42.5 Å². The highest BCUT2D eigenvalue weighted by molar-refractivity contribution is 6.18. The molecule has 0 amide bonds. The van der Waals surface area contributed by atoms with E-state index in [9.17, 15) is 0 Å². The molecule has 0 bridgehead atoms. The van der Waals surface area contributed by atoms with Crippen LogP contribution < -0.4 is 0 Å². The molecule has 0 N–H and O–H groups in total. The Morgan fingerprint density at radius 1 is 1.33 bits per heavy atom. The van der Waals surface area contributed by atoms with Crippen LogP contribution in [0.25, 0.3) is 0 Å². The second kappa shape index (κ2) is 6.68. The summed E-state index contributed by atoms with van der Waals surface area (Å²) in [4.78, 5) is 4.48. The topological polar surface area (TPSA) is 30.7 Å². The van der Waals surface area contributed by atoms with Gasteiger partial charge in [-0.05, 0) is 48.9 Å². The minimum absolute atomic E-state index is 0.224. The molecule has 4 heteroatoms. The Hall–Kier alpha value is -0.570. The van der Waals surface area contributed by atoms with Gasteiger partial charge in [0.15, 0.2) is 0 Å². The van der Waals surface area contributed by atoms with Crippen LogP contribution in [0.5, 0.6) is 0 Å². The van der Waals surface area contributed by atoms with Crippen LogP contribution in [-0.4, -0.2) is 20.6 Å². The summed E-state index contributed by atoms with van der Waals surface area (Å²) in [7, 11) is 0. The summed E-state index contributed by atoms with van der Waals surface area (Å²) in [5.41, 5.74) is 0.641. The fraction of sp³-hybridized carbons (Fsp3) is 0.882. The first-order chi connectivity index (χ1) is 9.90. The number of halogens is 1. The molecular weight excluding hydrogens is 282 g/mol. The van der Waals surface area contributed by atoms with Gasteiger partial charge in [-0.2, -0.15) is 5.10 Å². The average molecular weight is 312 g/mol. The van der Waals surface area contributed by atoms with Crippen LogP contribution in [0.4, 0.5) is 0 Å². The van der Waals surface area contributed by atoms with E-state index in [-0.39, 0.29) is 5.41 Å². The summed E-state index contributed by atoms with van der Waals surface area (Å²) in [6, 6.07) is 0. The first-order valence-corrected chi connectivity index (χ1v) is 8.86. The summed E-state index contributed by atoms with van der Waals surface area (Å²) in [6.07, 6.45) is 8.78. The zero-order valence-electron chi connectivity index (χ0n) is 14.0. The number of aromatic nitrogens is 3. The smallest absolute Gasteiger partial charge is 0.138 e. The van der Waals surface area contributed by atoms with Gasteiger partial charge in [-0.1, -0.05) is 27.7 Å². The van der Waals surface area contributed by atoms with Crippen molar-refractivity contribution in [1.29, 1.82) is 0 Å². The maximum absolute atomic E-state index is 6.39. The molecule has 2 rings (SSSR count). The van der Waals surface area contributed by atoms with Crippen molar-refractivity contribution in [3.63, 3.8) is 0 Å². The third-order valence-corrected chi connectivity index (χ3v) is 5.79. The molecule has 1 aromatic rings. The van der Waals surface area contributed by atoms with Gasteiger partial charge in [-0.25, -0.2) is 4.98 Å². The van der Waals surface area contributed by atoms with Crippen molar-refractivity contribution in [1.82, 2.24) is 14.8 Å². The largest absolute Gasteiger partial charge is 0.250 e. The first-order valence-electron chi connectivity index (χ1n) is 8.33. The lowest BCUT2D eigenvalue weighted by Crippen LogP contribution is -2.36. The highest BCUT2D eigenvalue weighted by Crippen LogP contribution is 2.47. The van der Waals surface area contributed by atoms with Crippen molar-refractivity contribution in [2.45, 2.75) is 72.8 Å². The molecule has 1 aliphatic carbocycles. The molecule has 0 saturated heterocycles. The molecule has 1 saturated carbocycles. The van der Waals surface area contributed by atoms with Crippen molar-refractivity contribution in [3.8, 4) is 0 Å². The van der Waals surface area contributed by atoms with Gasteiger partial charge in [-0.3, -0.25) is 4.68 Å². The van der Waals surface area contributed by atoms with E-state index < -0.39 is 0 Å². The zero-order chi connectivity index (χ0) is 15.5. The molecule has 0 aliphatic heterocycles. The lowest BCUT2D eigenvalue weighted by atomic mass is 9.63. The SMILES string of the molecule is CCCn1ncnc1CC1(CCl)CCC(C(C)(C)C)CC1. The van der Waals surface area contributed by atoms with Crippen LogP contribution in [-0.2, 0) is 13.0 Å².